The van der Waals surface area contributed by atoms with Gasteiger partial charge in [0.2, 0.25) is 0 Å². The lowest BCUT2D eigenvalue weighted by Gasteiger charge is -2.35. The van der Waals surface area contributed by atoms with E-state index in [1.807, 2.05) is 17.0 Å². The second-order valence-corrected chi connectivity index (χ2v) is 8.39. The van der Waals surface area contributed by atoms with Crippen LogP contribution in [0.2, 0.25) is 10.0 Å². The molecule has 0 bridgehead atoms. The number of nitrogens with zero attached hydrogens (tertiary/aromatic N) is 8. The van der Waals surface area contributed by atoms with Crippen molar-refractivity contribution in [3.8, 4) is 5.69 Å². The van der Waals surface area contributed by atoms with Gasteiger partial charge in [-0.25, -0.2) is 9.97 Å². The summed E-state index contributed by atoms with van der Waals surface area (Å²) in [7, 11) is 0. The van der Waals surface area contributed by atoms with Crippen LogP contribution in [0.15, 0.2) is 48.8 Å². The zero-order valence-corrected chi connectivity index (χ0v) is 19.0. The maximum Gasteiger partial charge on any atom is 0.270 e. The molecule has 0 radical (unpaired) electrons. The fourth-order valence-corrected chi connectivity index (χ4v) is 4.13. The number of benzene rings is 2. The molecule has 0 unspecified atom stereocenters. The first-order valence-corrected chi connectivity index (χ1v) is 11.0. The number of halogens is 2. The van der Waals surface area contributed by atoms with Gasteiger partial charge in [0.15, 0.2) is 17.0 Å². The molecule has 0 saturated carbocycles. The van der Waals surface area contributed by atoms with E-state index in [9.17, 15) is 14.9 Å². The molecule has 3 heterocycles. The van der Waals surface area contributed by atoms with E-state index in [0.29, 0.717) is 48.2 Å². The molecular weight excluding hydrogens is 483 g/mol. The third-order valence-electron chi connectivity index (χ3n) is 5.55. The van der Waals surface area contributed by atoms with Gasteiger partial charge in [0.1, 0.15) is 6.33 Å². The lowest BCUT2D eigenvalue weighted by molar-refractivity contribution is -0.384. The summed E-state index contributed by atoms with van der Waals surface area (Å²) in [5.74, 6) is 0.264. The van der Waals surface area contributed by atoms with Crippen molar-refractivity contribution in [1.82, 2.24) is 29.9 Å². The number of fused-ring (bicyclic) bond motifs is 1. The summed E-state index contributed by atoms with van der Waals surface area (Å²) < 4.78 is 1.61. The number of piperazine rings is 1. The Morgan fingerprint density at radius 2 is 1.74 bits per heavy atom. The van der Waals surface area contributed by atoms with Gasteiger partial charge in [-0.3, -0.25) is 14.9 Å². The first-order chi connectivity index (χ1) is 16.4. The Morgan fingerprint density at radius 1 is 1.00 bits per heavy atom. The Balaban J connectivity index is 1.36. The van der Waals surface area contributed by atoms with E-state index < -0.39 is 4.92 Å². The SMILES string of the molecule is O=C(c1cc([N+](=O)[O-])ccc1Cl)N1CCN(c2ncnc3c2nnn3-c2ccc(Cl)cc2)CC1. The fourth-order valence-electron chi connectivity index (χ4n) is 3.81. The highest BCUT2D eigenvalue weighted by molar-refractivity contribution is 6.34. The zero-order chi connectivity index (χ0) is 23.8. The topological polar surface area (TPSA) is 123 Å². The van der Waals surface area contributed by atoms with Crippen molar-refractivity contribution in [3.05, 3.63) is 74.5 Å². The van der Waals surface area contributed by atoms with Crippen LogP contribution in [0.25, 0.3) is 16.9 Å². The van der Waals surface area contributed by atoms with Crippen molar-refractivity contribution in [2.24, 2.45) is 0 Å². The van der Waals surface area contributed by atoms with Gasteiger partial charge in [0.25, 0.3) is 11.6 Å². The van der Waals surface area contributed by atoms with Crippen LogP contribution in [0.5, 0.6) is 0 Å². The number of carbonyl (C=O) groups excluding carboxylic acids is 1. The molecule has 0 atom stereocenters. The van der Waals surface area contributed by atoms with Gasteiger partial charge in [-0.1, -0.05) is 28.4 Å². The van der Waals surface area contributed by atoms with Crippen LogP contribution in [-0.2, 0) is 0 Å². The van der Waals surface area contributed by atoms with E-state index in [2.05, 4.69) is 20.3 Å². The second-order valence-electron chi connectivity index (χ2n) is 7.55. The van der Waals surface area contributed by atoms with Crippen LogP contribution in [0.3, 0.4) is 0 Å². The number of hydrogen-bond acceptors (Lipinski definition) is 8. The summed E-state index contributed by atoms with van der Waals surface area (Å²) in [5.41, 5.74) is 1.78. The van der Waals surface area contributed by atoms with Crippen molar-refractivity contribution in [3.63, 3.8) is 0 Å². The van der Waals surface area contributed by atoms with Gasteiger partial charge >= 0.3 is 0 Å². The molecule has 0 aliphatic carbocycles. The van der Waals surface area contributed by atoms with Crippen LogP contribution in [0, 0.1) is 10.1 Å². The summed E-state index contributed by atoms with van der Waals surface area (Å²) in [6.07, 6.45) is 1.45. The van der Waals surface area contributed by atoms with Crippen LogP contribution in [0.4, 0.5) is 11.5 Å². The average Bonchev–Trinajstić information content (AvgIpc) is 3.29. The van der Waals surface area contributed by atoms with Gasteiger partial charge in [0, 0.05) is 43.3 Å². The molecule has 5 rings (SSSR count). The molecule has 1 fully saturated rings. The maximum atomic E-state index is 13.0. The molecule has 1 aliphatic heterocycles. The third kappa shape index (κ3) is 3.99. The van der Waals surface area contributed by atoms with Crippen molar-refractivity contribution >= 4 is 51.8 Å². The van der Waals surface area contributed by atoms with Gasteiger partial charge in [-0.2, -0.15) is 4.68 Å². The minimum Gasteiger partial charge on any atom is -0.351 e. The largest absolute Gasteiger partial charge is 0.351 e. The smallest absolute Gasteiger partial charge is 0.270 e. The highest BCUT2D eigenvalue weighted by atomic mass is 35.5. The monoisotopic (exact) mass is 498 g/mol. The first kappa shape index (κ1) is 22.0. The van der Waals surface area contributed by atoms with E-state index >= 15 is 0 Å². The van der Waals surface area contributed by atoms with Gasteiger partial charge in [0.05, 0.1) is 21.2 Å². The van der Waals surface area contributed by atoms with Crippen molar-refractivity contribution in [2.75, 3.05) is 31.1 Å². The summed E-state index contributed by atoms with van der Waals surface area (Å²) >= 11 is 12.1. The number of non-ortho nitro benzene ring substituents is 1. The van der Waals surface area contributed by atoms with E-state index in [0.717, 1.165) is 5.69 Å². The molecule has 2 aromatic heterocycles. The Labute approximate surface area is 202 Å². The summed E-state index contributed by atoms with van der Waals surface area (Å²) in [6, 6.07) is 11.0. The third-order valence-corrected chi connectivity index (χ3v) is 6.13. The zero-order valence-electron chi connectivity index (χ0n) is 17.5. The number of aromatic nitrogens is 5. The Kier molecular flexibility index (Phi) is 5.72. The Hall–Kier alpha value is -3.83. The maximum absolute atomic E-state index is 13.0. The van der Waals surface area contributed by atoms with Crippen molar-refractivity contribution in [1.29, 1.82) is 0 Å². The molecule has 11 nitrogen and oxygen atoms in total. The molecule has 34 heavy (non-hydrogen) atoms. The average molecular weight is 499 g/mol. The second kappa shape index (κ2) is 8.84. The highest BCUT2D eigenvalue weighted by Gasteiger charge is 2.27. The molecular formula is C21H16Cl2N8O3. The highest BCUT2D eigenvalue weighted by Crippen LogP contribution is 2.26. The van der Waals surface area contributed by atoms with Gasteiger partial charge in [-0.15, -0.1) is 5.10 Å². The van der Waals surface area contributed by atoms with E-state index in [4.69, 9.17) is 23.2 Å². The number of anilines is 1. The molecule has 1 amide bonds. The van der Waals surface area contributed by atoms with E-state index in [-0.39, 0.29) is 22.2 Å². The predicted octanol–water partition coefficient (Wildman–Crippen LogP) is 3.39. The number of amides is 1. The molecule has 0 N–H and O–H groups in total. The molecule has 0 spiro atoms. The summed E-state index contributed by atoms with van der Waals surface area (Å²) in [4.78, 5) is 35.9. The molecule has 172 valence electrons. The van der Waals surface area contributed by atoms with E-state index in [1.165, 1.54) is 24.5 Å². The summed E-state index contributed by atoms with van der Waals surface area (Å²) in [6.45, 7) is 1.74. The Morgan fingerprint density at radius 3 is 2.44 bits per heavy atom. The fraction of sp³-hybridized carbons (Fsp3) is 0.190. The lowest BCUT2D eigenvalue weighted by Crippen LogP contribution is -2.49. The molecule has 1 aliphatic rings. The van der Waals surface area contributed by atoms with Gasteiger partial charge < -0.3 is 9.80 Å². The quantitative estimate of drug-likeness (QED) is 0.309. The number of hydrogen-bond donors (Lipinski definition) is 0. The van der Waals surface area contributed by atoms with Crippen LogP contribution in [0.1, 0.15) is 10.4 Å². The normalized spacial score (nSPS) is 13.9. The molecule has 13 heteroatoms. The van der Waals surface area contributed by atoms with Crippen molar-refractivity contribution in [2.45, 2.75) is 0 Å². The minimum absolute atomic E-state index is 0.111. The van der Waals surface area contributed by atoms with Crippen LogP contribution >= 0.6 is 23.2 Å². The standard InChI is InChI=1S/C21H16Cl2N8O3/c22-13-1-3-14(4-2-13)30-20-18(26-27-30)19(24-12-25-20)28-7-9-29(10-8-28)21(32)16-11-15(31(33)34)5-6-17(16)23/h1-6,11-12H,7-10H2. The first-order valence-electron chi connectivity index (χ1n) is 10.2. The van der Waals surface area contributed by atoms with Crippen molar-refractivity contribution < 1.29 is 9.72 Å². The molecule has 2 aromatic carbocycles. The number of rotatable bonds is 4. The Bertz CT molecular complexity index is 1400. The van der Waals surface area contributed by atoms with Crippen LogP contribution in [-0.4, -0.2) is 66.9 Å². The minimum atomic E-state index is -0.553. The molecule has 1 saturated heterocycles. The lowest BCUT2D eigenvalue weighted by atomic mass is 10.1. The van der Waals surface area contributed by atoms with Gasteiger partial charge in [-0.05, 0) is 30.3 Å². The van der Waals surface area contributed by atoms with Crippen LogP contribution < -0.4 is 4.90 Å². The molecule has 4 aromatic rings. The number of nitro benzene ring substituents is 1. The van der Waals surface area contributed by atoms with E-state index in [1.54, 1.807) is 21.7 Å². The predicted molar refractivity (Wildman–Crippen MR) is 126 cm³/mol. The number of nitro groups is 1. The number of carbonyl (C=O) groups is 1. The summed E-state index contributed by atoms with van der Waals surface area (Å²) in [5, 5.41) is 20.4.